The fourth-order valence-electron chi connectivity index (χ4n) is 1.93. The van der Waals surface area contributed by atoms with Gasteiger partial charge in [0.15, 0.2) is 16.5 Å². The van der Waals surface area contributed by atoms with Crippen LogP contribution in [-0.2, 0) is 4.79 Å². The molecule has 0 atom stereocenters. The van der Waals surface area contributed by atoms with Gasteiger partial charge in [-0.1, -0.05) is 11.8 Å². The molecule has 136 valence electrons. The largest absolute Gasteiger partial charge is 0.493 e. The molecule has 0 radical (unpaired) electrons. The number of carboxylic acids is 1. The lowest BCUT2D eigenvalue weighted by Crippen LogP contribution is -2.20. The first-order valence-corrected chi connectivity index (χ1v) is 7.88. The number of aromatic nitrogens is 2. The molecule has 10 heteroatoms. The van der Waals surface area contributed by atoms with Gasteiger partial charge in [0.25, 0.3) is 5.97 Å². The number of methoxy groups -OCH3 is 2. The van der Waals surface area contributed by atoms with E-state index >= 15 is 0 Å². The second-order valence-electron chi connectivity index (χ2n) is 4.58. The van der Waals surface area contributed by atoms with E-state index in [1.54, 1.807) is 0 Å². The summed E-state index contributed by atoms with van der Waals surface area (Å²) in [4.78, 5) is 33.1. The number of thioether (sulfide) groups is 1. The normalized spacial score (nSPS) is 9.96. The second-order valence-corrected chi connectivity index (χ2v) is 5.52. The minimum atomic E-state index is -0.833. The molecular weight excluding hydrogens is 352 g/mol. The zero-order valence-corrected chi connectivity index (χ0v) is 14.9. The van der Waals surface area contributed by atoms with E-state index in [1.165, 1.54) is 33.3 Å². The van der Waals surface area contributed by atoms with E-state index in [0.717, 1.165) is 23.4 Å². The number of aliphatic hydroxyl groups excluding tert-OH is 1. The molecular formula is C15H18N2O7S. The highest BCUT2D eigenvalue weighted by atomic mass is 32.2. The third-order valence-corrected chi connectivity index (χ3v) is 3.53. The van der Waals surface area contributed by atoms with Gasteiger partial charge in [-0.2, -0.15) is 9.78 Å². The van der Waals surface area contributed by atoms with Crippen molar-refractivity contribution in [1.29, 1.82) is 0 Å². The number of rotatable bonds is 4. The fourth-order valence-corrected chi connectivity index (χ4v) is 2.43. The Bertz CT molecular complexity index is 844. The molecule has 0 fully saturated rings. The van der Waals surface area contributed by atoms with Crippen molar-refractivity contribution in [3.8, 4) is 11.5 Å². The molecule has 2 rings (SSSR count). The molecule has 0 aliphatic carbocycles. The summed E-state index contributed by atoms with van der Waals surface area (Å²) < 4.78 is 11.4. The molecule has 0 bridgehead atoms. The monoisotopic (exact) mass is 370 g/mol. The summed E-state index contributed by atoms with van der Waals surface area (Å²) in [6, 6.07) is 3.02. The minimum Gasteiger partial charge on any atom is -0.493 e. The second kappa shape index (κ2) is 9.04. The molecule has 1 aromatic heterocycles. The van der Waals surface area contributed by atoms with Crippen LogP contribution in [0.4, 0.5) is 0 Å². The van der Waals surface area contributed by atoms with E-state index in [9.17, 15) is 9.59 Å². The summed E-state index contributed by atoms with van der Waals surface area (Å²) in [5.41, 5.74) is -0.0463. The Balaban J connectivity index is 0.000000705. The van der Waals surface area contributed by atoms with Gasteiger partial charge in [0.05, 0.1) is 31.1 Å². The van der Waals surface area contributed by atoms with Crippen LogP contribution in [0.15, 0.2) is 22.0 Å². The van der Waals surface area contributed by atoms with Crippen LogP contribution in [0.2, 0.25) is 0 Å². The molecule has 0 saturated carbocycles. The number of hydrogen-bond acceptors (Lipinski definition) is 8. The van der Waals surface area contributed by atoms with E-state index < -0.39 is 5.97 Å². The molecule has 2 N–H and O–H groups in total. The first-order valence-electron chi connectivity index (χ1n) is 6.90. The highest BCUT2D eigenvalue weighted by molar-refractivity contribution is 7.99. The molecule has 0 aliphatic heterocycles. The first-order chi connectivity index (χ1) is 11.8. The van der Waals surface area contributed by atoms with Gasteiger partial charge in [-0.15, -0.1) is 0 Å². The Hall–Kier alpha value is -2.59. The van der Waals surface area contributed by atoms with Crippen LogP contribution in [0.5, 0.6) is 11.5 Å². The maximum Gasteiger partial charge on any atom is 0.300 e. The van der Waals surface area contributed by atoms with Gasteiger partial charge in [0, 0.05) is 19.9 Å². The van der Waals surface area contributed by atoms with E-state index in [-0.39, 0.29) is 27.7 Å². The summed E-state index contributed by atoms with van der Waals surface area (Å²) in [6.45, 7) is 2.42. The van der Waals surface area contributed by atoms with E-state index in [0.29, 0.717) is 17.0 Å². The van der Waals surface area contributed by atoms with Gasteiger partial charge in [-0.25, -0.2) is 0 Å². The summed E-state index contributed by atoms with van der Waals surface area (Å²) in [6.07, 6.45) is 0. The van der Waals surface area contributed by atoms with Crippen molar-refractivity contribution in [3.63, 3.8) is 0 Å². The number of fused-ring (bicyclic) bond motifs is 1. The van der Waals surface area contributed by atoms with Crippen LogP contribution in [0.25, 0.3) is 10.9 Å². The predicted octanol–water partition coefficient (Wildman–Crippen LogP) is 1.21. The van der Waals surface area contributed by atoms with Crippen LogP contribution in [0.3, 0.4) is 0 Å². The molecule has 2 aromatic rings. The quantitative estimate of drug-likeness (QED) is 0.602. The molecule has 0 amide bonds. The lowest BCUT2D eigenvalue weighted by molar-refractivity contribution is -0.134. The average molecular weight is 370 g/mol. The molecule has 1 aromatic carbocycles. The first kappa shape index (κ1) is 20.5. The smallest absolute Gasteiger partial charge is 0.300 e. The average Bonchev–Trinajstić information content (AvgIpc) is 2.55. The molecule has 0 unspecified atom stereocenters. The topological polar surface area (TPSA) is 128 Å². The summed E-state index contributed by atoms with van der Waals surface area (Å²) in [5, 5.41) is 20.7. The summed E-state index contributed by atoms with van der Waals surface area (Å²) in [5.74, 6) is -0.724. The zero-order valence-electron chi connectivity index (χ0n) is 14.1. The molecule has 25 heavy (non-hydrogen) atoms. The van der Waals surface area contributed by atoms with Crippen molar-refractivity contribution in [1.82, 2.24) is 9.78 Å². The number of aliphatic carboxylic acids is 1. The molecule has 1 heterocycles. The van der Waals surface area contributed by atoms with E-state index in [4.69, 9.17) is 24.5 Å². The Morgan fingerprint density at radius 2 is 1.72 bits per heavy atom. The Morgan fingerprint density at radius 3 is 2.16 bits per heavy atom. The van der Waals surface area contributed by atoms with Crippen LogP contribution < -0.4 is 14.9 Å². The maximum absolute atomic E-state index is 12.3. The summed E-state index contributed by atoms with van der Waals surface area (Å²) >= 11 is 0.859. The third-order valence-electron chi connectivity index (χ3n) is 2.86. The zero-order chi connectivity index (χ0) is 19.1. The molecule has 0 aliphatic rings. The number of benzene rings is 1. The van der Waals surface area contributed by atoms with Crippen molar-refractivity contribution < 1.29 is 29.3 Å². The highest BCUT2D eigenvalue weighted by Gasteiger charge is 2.17. The standard InChI is InChI=1S/C13H14N2O5S.C2H4O2/c1-7(17)15-9-5-11(20-3)10(19-2)4-8(9)12(18)13(14-15)21-6-16;1-2(3)4/h4-5,16H,6H2,1-3H3;1H3,(H,3,4). The van der Waals surface area contributed by atoms with Gasteiger partial charge < -0.3 is 19.7 Å². The Labute approximate surface area is 147 Å². The lowest BCUT2D eigenvalue weighted by Gasteiger charge is -2.12. The minimum absolute atomic E-state index is 0.0485. The lowest BCUT2D eigenvalue weighted by atomic mass is 10.2. The molecule has 0 spiro atoms. The molecule has 9 nitrogen and oxygen atoms in total. The van der Waals surface area contributed by atoms with Crippen LogP contribution >= 0.6 is 11.8 Å². The van der Waals surface area contributed by atoms with E-state index in [2.05, 4.69) is 5.10 Å². The number of ether oxygens (including phenoxy) is 2. The predicted molar refractivity (Wildman–Crippen MR) is 91.7 cm³/mol. The van der Waals surface area contributed by atoms with Gasteiger partial charge in [-0.3, -0.25) is 14.4 Å². The van der Waals surface area contributed by atoms with Crippen LogP contribution in [0.1, 0.15) is 18.6 Å². The maximum atomic E-state index is 12.3. The van der Waals surface area contributed by atoms with Gasteiger partial charge in [0.1, 0.15) is 0 Å². The fraction of sp³-hybridized carbons (Fsp3) is 0.333. The number of carbonyl (C=O) groups is 2. The number of carboxylic acid groups (broad SMARTS) is 1. The van der Waals surface area contributed by atoms with Crippen molar-refractivity contribution in [3.05, 3.63) is 22.4 Å². The number of carbonyl (C=O) groups excluding carboxylic acids is 1. The van der Waals surface area contributed by atoms with Gasteiger partial charge >= 0.3 is 0 Å². The van der Waals surface area contributed by atoms with Crippen molar-refractivity contribution in [2.75, 3.05) is 20.2 Å². The van der Waals surface area contributed by atoms with Gasteiger partial charge in [0.2, 0.25) is 11.3 Å². The van der Waals surface area contributed by atoms with Crippen molar-refractivity contribution in [2.24, 2.45) is 0 Å². The van der Waals surface area contributed by atoms with Crippen LogP contribution in [0, 0.1) is 0 Å². The number of nitrogens with zero attached hydrogens (tertiary/aromatic N) is 2. The van der Waals surface area contributed by atoms with E-state index in [1.807, 2.05) is 0 Å². The third kappa shape index (κ3) is 4.94. The van der Waals surface area contributed by atoms with Crippen molar-refractivity contribution >= 4 is 34.5 Å². The van der Waals surface area contributed by atoms with Gasteiger partial charge in [-0.05, 0) is 6.07 Å². The highest BCUT2D eigenvalue weighted by Crippen LogP contribution is 2.31. The SMILES string of the molecule is CC(=O)O.COc1cc2c(=O)c(SCO)nn(C(C)=O)c2cc1OC. The Kier molecular flexibility index (Phi) is 7.40. The molecule has 0 saturated heterocycles. The van der Waals surface area contributed by atoms with Crippen LogP contribution in [-0.4, -0.2) is 52.0 Å². The Morgan fingerprint density at radius 1 is 1.20 bits per heavy atom. The van der Waals surface area contributed by atoms with Crippen molar-refractivity contribution in [2.45, 2.75) is 18.9 Å². The summed E-state index contributed by atoms with van der Waals surface area (Å²) in [7, 11) is 2.92. The number of aliphatic hydroxyl groups is 1. The number of hydrogen-bond donors (Lipinski definition) is 2.